The van der Waals surface area contributed by atoms with Crippen molar-refractivity contribution in [2.75, 3.05) is 18.0 Å². The third kappa shape index (κ3) is 1.86. The summed E-state index contributed by atoms with van der Waals surface area (Å²) in [4.78, 5) is 6.47. The highest BCUT2D eigenvalue weighted by atomic mass is 19.1. The molecule has 2 aromatic rings. The molecule has 0 saturated carbocycles. The summed E-state index contributed by atoms with van der Waals surface area (Å²) < 4.78 is 13.7. The Hall–Kier alpha value is -1.64. The molecule has 0 radical (unpaired) electrons. The molecule has 1 fully saturated rings. The Morgan fingerprint density at radius 3 is 2.71 bits per heavy atom. The first-order valence-electron chi connectivity index (χ1n) is 6.14. The summed E-state index contributed by atoms with van der Waals surface area (Å²) in [6.07, 6.45) is 5.39. The average molecular weight is 230 g/mol. The zero-order valence-corrected chi connectivity index (χ0v) is 9.69. The van der Waals surface area contributed by atoms with Crippen LogP contribution < -0.4 is 4.90 Å². The van der Waals surface area contributed by atoms with Gasteiger partial charge in [0.1, 0.15) is 11.3 Å². The molecule has 0 N–H and O–H groups in total. The topological polar surface area (TPSA) is 16.1 Å². The number of nitrogens with zero attached hydrogens (tertiary/aromatic N) is 2. The van der Waals surface area contributed by atoms with Gasteiger partial charge in [-0.15, -0.1) is 0 Å². The summed E-state index contributed by atoms with van der Waals surface area (Å²) in [5.74, 6) is -0.235. The Bertz CT molecular complexity index is 533. The van der Waals surface area contributed by atoms with E-state index in [-0.39, 0.29) is 5.82 Å². The molecule has 0 unspecified atom stereocenters. The fourth-order valence-corrected chi connectivity index (χ4v) is 2.53. The Kier molecular flexibility index (Phi) is 2.67. The molecule has 1 saturated heterocycles. The first-order valence-corrected chi connectivity index (χ1v) is 6.14. The van der Waals surface area contributed by atoms with E-state index in [1.54, 1.807) is 6.20 Å². The SMILES string of the molecule is Fc1ccc(N2CCCCC2)c2cccnc12. The van der Waals surface area contributed by atoms with Crippen LogP contribution in [0.4, 0.5) is 10.1 Å². The summed E-state index contributed by atoms with van der Waals surface area (Å²) in [7, 11) is 0. The lowest BCUT2D eigenvalue weighted by Crippen LogP contribution is -2.29. The minimum Gasteiger partial charge on any atom is -0.371 e. The summed E-state index contributed by atoms with van der Waals surface area (Å²) >= 11 is 0. The molecule has 0 aliphatic carbocycles. The highest BCUT2D eigenvalue weighted by Crippen LogP contribution is 2.29. The molecule has 88 valence electrons. The number of benzene rings is 1. The molecule has 0 atom stereocenters. The molecule has 1 aliphatic rings. The number of piperidine rings is 1. The van der Waals surface area contributed by atoms with Crippen LogP contribution in [-0.4, -0.2) is 18.1 Å². The maximum Gasteiger partial charge on any atom is 0.149 e. The van der Waals surface area contributed by atoms with Crippen LogP contribution >= 0.6 is 0 Å². The van der Waals surface area contributed by atoms with Gasteiger partial charge in [-0.2, -0.15) is 0 Å². The minimum absolute atomic E-state index is 0.235. The van der Waals surface area contributed by atoms with Gasteiger partial charge in [0, 0.05) is 30.4 Å². The van der Waals surface area contributed by atoms with Crippen LogP contribution in [0.1, 0.15) is 19.3 Å². The fraction of sp³-hybridized carbons (Fsp3) is 0.357. The van der Waals surface area contributed by atoms with E-state index >= 15 is 0 Å². The number of pyridine rings is 1. The molecule has 0 bridgehead atoms. The molecule has 3 rings (SSSR count). The lowest BCUT2D eigenvalue weighted by Gasteiger charge is -2.29. The smallest absolute Gasteiger partial charge is 0.149 e. The van der Waals surface area contributed by atoms with E-state index in [0.29, 0.717) is 5.52 Å². The van der Waals surface area contributed by atoms with Crippen LogP contribution in [0.25, 0.3) is 10.9 Å². The van der Waals surface area contributed by atoms with Crippen molar-refractivity contribution < 1.29 is 4.39 Å². The number of fused-ring (bicyclic) bond motifs is 1. The highest BCUT2D eigenvalue weighted by molar-refractivity contribution is 5.92. The van der Waals surface area contributed by atoms with Crippen molar-refractivity contribution >= 4 is 16.6 Å². The summed E-state index contributed by atoms with van der Waals surface area (Å²) in [6, 6.07) is 7.23. The maximum atomic E-state index is 13.7. The molecule has 1 aliphatic heterocycles. The minimum atomic E-state index is -0.235. The van der Waals surface area contributed by atoms with Gasteiger partial charge < -0.3 is 4.90 Å². The van der Waals surface area contributed by atoms with Gasteiger partial charge in [0.25, 0.3) is 0 Å². The standard InChI is InChI=1S/C14H15FN2/c15-12-6-7-13(17-9-2-1-3-10-17)11-5-4-8-16-14(11)12/h4-8H,1-3,9-10H2. The second-order valence-corrected chi connectivity index (χ2v) is 4.51. The fourth-order valence-electron chi connectivity index (χ4n) is 2.53. The van der Waals surface area contributed by atoms with Crippen LogP contribution in [0.3, 0.4) is 0 Å². The van der Waals surface area contributed by atoms with E-state index in [4.69, 9.17) is 0 Å². The zero-order chi connectivity index (χ0) is 11.7. The highest BCUT2D eigenvalue weighted by Gasteiger charge is 2.15. The van der Waals surface area contributed by atoms with E-state index in [0.717, 1.165) is 24.2 Å². The monoisotopic (exact) mass is 230 g/mol. The van der Waals surface area contributed by atoms with Crippen LogP contribution in [0.2, 0.25) is 0 Å². The third-order valence-electron chi connectivity index (χ3n) is 3.39. The number of rotatable bonds is 1. The third-order valence-corrected chi connectivity index (χ3v) is 3.39. The largest absolute Gasteiger partial charge is 0.371 e. The van der Waals surface area contributed by atoms with Gasteiger partial charge in [-0.25, -0.2) is 4.39 Å². The Morgan fingerprint density at radius 2 is 1.88 bits per heavy atom. The Labute approximate surface area is 100 Å². The van der Waals surface area contributed by atoms with E-state index < -0.39 is 0 Å². The lowest BCUT2D eigenvalue weighted by atomic mass is 10.1. The lowest BCUT2D eigenvalue weighted by molar-refractivity contribution is 0.578. The van der Waals surface area contributed by atoms with Crippen LogP contribution in [0.15, 0.2) is 30.5 Å². The molecular formula is C14H15FN2. The average Bonchev–Trinajstić information content (AvgIpc) is 2.41. The molecule has 17 heavy (non-hydrogen) atoms. The Morgan fingerprint density at radius 1 is 1.06 bits per heavy atom. The van der Waals surface area contributed by atoms with Gasteiger partial charge in [-0.1, -0.05) is 0 Å². The first kappa shape index (κ1) is 10.5. The zero-order valence-electron chi connectivity index (χ0n) is 9.69. The van der Waals surface area contributed by atoms with Gasteiger partial charge in [0.05, 0.1) is 0 Å². The van der Waals surface area contributed by atoms with Crippen molar-refractivity contribution in [3.63, 3.8) is 0 Å². The van der Waals surface area contributed by atoms with Crippen molar-refractivity contribution in [1.82, 2.24) is 4.98 Å². The molecule has 2 nitrogen and oxygen atoms in total. The summed E-state index contributed by atoms with van der Waals surface area (Å²) in [6.45, 7) is 2.13. The molecule has 1 aromatic heterocycles. The number of anilines is 1. The summed E-state index contributed by atoms with van der Waals surface area (Å²) in [5.41, 5.74) is 1.60. The quantitative estimate of drug-likeness (QED) is 0.746. The van der Waals surface area contributed by atoms with Crippen LogP contribution in [0, 0.1) is 5.82 Å². The number of hydrogen-bond donors (Lipinski definition) is 0. The van der Waals surface area contributed by atoms with Crippen molar-refractivity contribution in [1.29, 1.82) is 0 Å². The second-order valence-electron chi connectivity index (χ2n) is 4.51. The molecule has 2 heterocycles. The molecular weight excluding hydrogens is 215 g/mol. The molecule has 0 amide bonds. The van der Waals surface area contributed by atoms with Crippen molar-refractivity contribution in [2.24, 2.45) is 0 Å². The van der Waals surface area contributed by atoms with Crippen molar-refractivity contribution in [2.45, 2.75) is 19.3 Å². The van der Waals surface area contributed by atoms with E-state index in [1.807, 2.05) is 18.2 Å². The Balaban J connectivity index is 2.12. The van der Waals surface area contributed by atoms with Crippen LogP contribution in [-0.2, 0) is 0 Å². The number of halogens is 1. The number of aromatic nitrogens is 1. The van der Waals surface area contributed by atoms with Gasteiger partial charge >= 0.3 is 0 Å². The van der Waals surface area contributed by atoms with Gasteiger partial charge in [-0.05, 0) is 43.5 Å². The normalized spacial score (nSPS) is 16.4. The molecule has 0 spiro atoms. The van der Waals surface area contributed by atoms with E-state index in [2.05, 4.69) is 9.88 Å². The van der Waals surface area contributed by atoms with Crippen molar-refractivity contribution in [3.8, 4) is 0 Å². The van der Waals surface area contributed by atoms with Crippen molar-refractivity contribution in [3.05, 3.63) is 36.3 Å². The van der Waals surface area contributed by atoms with E-state index in [1.165, 1.54) is 25.3 Å². The second kappa shape index (κ2) is 4.32. The molecule has 1 aromatic carbocycles. The van der Waals surface area contributed by atoms with Gasteiger partial charge in [-0.3, -0.25) is 4.98 Å². The maximum absolute atomic E-state index is 13.7. The van der Waals surface area contributed by atoms with Gasteiger partial charge in [0.2, 0.25) is 0 Å². The first-order chi connectivity index (χ1) is 8.36. The van der Waals surface area contributed by atoms with E-state index in [9.17, 15) is 4.39 Å². The van der Waals surface area contributed by atoms with Crippen LogP contribution in [0.5, 0.6) is 0 Å². The summed E-state index contributed by atoms with van der Waals surface area (Å²) in [5, 5.41) is 0.925. The predicted molar refractivity (Wildman–Crippen MR) is 67.8 cm³/mol. The number of hydrogen-bond acceptors (Lipinski definition) is 2. The van der Waals surface area contributed by atoms with Gasteiger partial charge in [0.15, 0.2) is 0 Å². The molecule has 3 heteroatoms. The predicted octanol–water partition coefficient (Wildman–Crippen LogP) is 3.36.